The quantitative estimate of drug-likeness (QED) is 0.737. The Morgan fingerprint density at radius 1 is 0.750 bits per heavy atom. The lowest BCUT2D eigenvalue weighted by atomic mass is 9.69. The Bertz CT molecular complexity index is 1190. The van der Waals surface area contributed by atoms with Gasteiger partial charge in [0.25, 0.3) is 0 Å². The molecule has 0 radical (unpaired) electrons. The summed E-state index contributed by atoms with van der Waals surface area (Å²) in [7, 11) is 6.04. The van der Waals surface area contributed by atoms with Crippen LogP contribution in [-0.2, 0) is 0 Å². The fourth-order valence-corrected chi connectivity index (χ4v) is 4.27. The van der Waals surface area contributed by atoms with Crippen LogP contribution in [0.5, 0.6) is 23.0 Å². The van der Waals surface area contributed by atoms with Crippen molar-refractivity contribution in [1.29, 1.82) is 15.8 Å². The van der Waals surface area contributed by atoms with Gasteiger partial charge < -0.3 is 24.7 Å². The van der Waals surface area contributed by atoms with E-state index in [9.17, 15) is 15.8 Å². The van der Waals surface area contributed by atoms with Crippen molar-refractivity contribution in [2.24, 2.45) is 11.1 Å². The Kier molecular flexibility index (Phi) is 6.14. The van der Waals surface area contributed by atoms with Gasteiger partial charge in [0.05, 0.1) is 57.9 Å². The molecule has 8 nitrogen and oxygen atoms in total. The number of hydrogen-bond acceptors (Lipinski definition) is 8. The van der Waals surface area contributed by atoms with Crippen LogP contribution in [0.25, 0.3) is 0 Å². The second-order valence-electron chi connectivity index (χ2n) is 7.15. The third-order valence-electron chi connectivity index (χ3n) is 5.83. The number of methoxy groups -OCH3 is 4. The smallest absolute Gasteiger partial charge is 0.191 e. The molecule has 0 saturated carbocycles. The van der Waals surface area contributed by atoms with Crippen LogP contribution in [-0.4, -0.2) is 28.4 Å². The Balaban J connectivity index is 2.32. The summed E-state index contributed by atoms with van der Waals surface area (Å²) in [6.45, 7) is 0. The van der Waals surface area contributed by atoms with Gasteiger partial charge in [0.1, 0.15) is 0 Å². The minimum absolute atomic E-state index is 0.0513. The molecule has 0 bridgehead atoms. The minimum atomic E-state index is -1.75. The molecule has 2 aromatic carbocycles. The van der Waals surface area contributed by atoms with Gasteiger partial charge in [-0.3, -0.25) is 0 Å². The molecule has 0 aromatic heterocycles. The largest absolute Gasteiger partial charge is 0.493 e. The third-order valence-corrected chi connectivity index (χ3v) is 5.83. The van der Waals surface area contributed by atoms with Crippen LogP contribution in [0.3, 0.4) is 0 Å². The molecule has 2 N–H and O–H groups in total. The standard InChI is InChI=1S/C24H22N4O4/c1-29-17-7-5-14(9-19(17)31-3)21-16(11-25)23(28)24(12-26,13-27)22(21)15-6-8-18(30-2)20(10-15)32-4/h5-10,21-22H,28H2,1-4H3/t21-,22+/m0/s1. The first-order valence-electron chi connectivity index (χ1n) is 9.62. The molecule has 2 aromatic rings. The maximum Gasteiger partial charge on any atom is 0.191 e. The van der Waals surface area contributed by atoms with Gasteiger partial charge in [-0.2, -0.15) is 15.8 Å². The molecular formula is C24H22N4O4. The first kappa shape index (κ1) is 22.3. The molecule has 1 aliphatic rings. The predicted octanol–water partition coefficient (Wildman–Crippen LogP) is 3.37. The van der Waals surface area contributed by atoms with Crippen LogP contribution in [0, 0.1) is 39.4 Å². The summed E-state index contributed by atoms with van der Waals surface area (Å²) >= 11 is 0. The van der Waals surface area contributed by atoms with E-state index in [4.69, 9.17) is 24.7 Å². The molecule has 0 saturated heterocycles. The van der Waals surface area contributed by atoms with Gasteiger partial charge in [-0.1, -0.05) is 12.1 Å². The van der Waals surface area contributed by atoms with Gasteiger partial charge in [0.2, 0.25) is 0 Å². The van der Waals surface area contributed by atoms with Crippen LogP contribution >= 0.6 is 0 Å². The van der Waals surface area contributed by atoms with E-state index in [-0.39, 0.29) is 11.3 Å². The second kappa shape index (κ2) is 8.79. The Hall–Kier alpha value is -4.35. The fraction of sp³-hybridized carbons (Fsp3) is 0.292. The van der Waals surface area contributed by atoms with Crippen LogP contribution in [0.15, 0.2) is 47.7 Å². The summed E-state index contributed by atoms with van der Waals surface area (Å²) in [5, 5.41) is 30.2. The fourth-order valence-electron chi connectivity index (χ4n) is 4.27. The first-order chi connectivity index (χ1) is 15.5. The topological polar surface area (TPSA) is 134 Å². The molecule has 3 rings (SSSR count). The van der Waals surface area contributed by atoms with Gasteiger partial charge in [0, 0.05) is 11.8 Å². The van der Waals surface area contributed by atoms with E-state index in [1.165, 1.54) is 28.4 Å². The Morgan fingerprint density at radius 2 is 1.22 bits per heavy atom. The molecular weight excluding hydrogens is 408 g/mol. The van der Waals surface area contributed by atoms with Crippen molar-refractivity contribution < 1.29 is 18.9 Å². The van der Waals surface area contributed by atoms with E-state index in [0.29, 0.717) is 34.1 Å². The number of allylic oxidation sites excluding steroid dienone is 2. The van der Waals surface area contributed by atoms with E-state index in [0.717, 1.165) is 0 Å². The van der Waals surface area contributed by atoms with Crippen molar-refractivity contribution in [3.8, 4) is 41.2 Å². The van der Waals surface area contributed by atoms with Crippen molar-refractivity contribution in [2.75, 3.05) is 28.4 Å². The van der Waals surface area contributed by atoms with E-state index >= 15 is 0 Å². The normalized spacial score (nSPS) is 18.8. The Labute approximate surface area is 186 Å². The van der Waals surface area contributed by atoms with Crippen molar-refractivity contribution >= 4 is 0 Å². The molecule has 8 heteroatoms. The maximum atomic E-state index is 10.1. The maximum absolute atomic E-state index is 10.1. The van der Waals surface area contributed by atoms with Gasteiger partial charge in [-0.05, 0) is 35.4 Å². The number of hydrogen-bond donors (Lipinski definition) is 1. The van der Waals surface area contributed by atoms with E-state index in [2.05, 4.69) is 18.2 Å². The predicted molar refractivity (Wildman–Crippen MR) is 115 cm³/mol. The van der Waals surface area contributed by atoms with Gasteiger partial charge in [0.15, 0.2) is 28.4 Å². The summed E-state index contributed by atoms with van der Waals surface area (Å²) in [4.78, 5) is 0. The summed E-state index contributed by atoms with van der Waals surface area (Å²) < 4.78 is 21.5. The number of ether oxygens (including phenoxy) is 4. The molecule has 0 aliphatic heterocycles. The minimum Gasteiger partial charge on any atom is -0.493 e. The molecule has 1 aliphatic carbocycles. The SMILES string of the molecule is COc1ccc([C@H]2C(C#N)=C(N)C(C#N)(C#N)[C@@H]2c2ccc(OC)c(OC)c2)cc1OC. The van der Waals surface area contributed by atoms with Crippen molar-refractivity contribution in [3.05, 3.63) is 58.8 Å². The highest BCUT2D eigenvalue weighted by Crippen LogP contribution is 2.58. The number of nitrogens with zero attached hydrogens (tertiary/aromatic N) is 3. The molecule has 0 fully saturated rings. The first-order valence-corrected chi connectivity index (χ1v) is 9.62. The lowest BCUT2D eigenvalue weighted by Crippen LogP contribution is -2.29. The molecule has 162 valence electrons. The number of rotatable bonds is 6. The van der Waals surface area contributed by atoms with E-state index in [1.807, 2.05) is 0 Å². The van der Waals surface area contributed by atoms with Crippen molar-refractivity contribution in [3.63, 3.8) is 0 Å². The molecule has 0 spiro atoms. The highest BCUT2D eigenvalue weighted by Gasteiger charge is 2.56. The second-order valence-corrected chi connectivity index (χ2v) is 7.15. The Morgan fingerprint density at radius 3 is 1.66 bits per heavy atom. The molecule has 0 amide bonds. The van der Waals surface area contributed by atoms with Crippen molar-refractivity contribution in [1.82, 2.24) is 0 Å². The van der Waals surface area contributed by atoms with Crippen LogP contribution in [0.2, 0.25) is 0 Å². The van der Waals surface area contributed by atoms with Gasteiger partial charge in [-0.15, -0.1) is 0 Å². The van der Waals surface area contributed by atoms with E-state index in [1.54, 1.807) is 36.4 Å². The average molecular weight is 430 g/mol. The number of benzene rings is 2. The zero-order valence-electron chi connectivity index (χ0n) is 18.2. The summed E-state index contributed by atoms with van der Waals surface area (Å²) in [5.41, 5.74) is 5.94. The highest BCUT2D eigenvalue weighted by molar-refractivity contribution is 5.61. The zero-order valence-corrected chi connectivity index (χ0v) is 18.2. The molecule has 2 atom stereocenters. The lowest BCUT2D eigenvalue weighted by Gasteiger charge is -2.29. The van der Waals surface area contributed by atoms with Gasteiger partial charge >= 0.3 is 0 Å². The zero-order chi connectivity index (χ0) is 23.5. The monoisotopic (exact) mass is 430 g/mol. The average Bonchev–Trinajstić information content (AvgIpc) is 3.10. The molecule has 32 heavy (non-hydrogen) atoms. The van der Waals surface area contributed by atoms with Crippen LogP contribution in [0.4, 0.5) is 0 Å². The van der Waals surface area contributed by atoms with Crippen molar-refractivity contribution in [2.45, 2.75) is 11.8 Å². The molecule has 0 unspecified atom stereocenters. The summed E-state index contributed by atoms with van der Waals surface area (Å²) in [6, 6.07) is 16.7. The van der Waals surface area contributed by atoms with Crippen LogP contribution < -0.4 is 24.7 Å². The summed E-state index contributed by atoms with van der Waals surface area (Å²) in [6.07, 6.45) is 0. The molecule has 0 heterocycles. The summed E-state index contributed by atoms with van der Waals surface area (Å²) in [5.74, 6) is 0.461. The van der Waals surface area contributed by atoms with E-state index < -0.39 is 17.3 Å². The number of nitrogens with two attached hydrogens (primary N) is 1. The van der Waals surface area contributed by atoms with Crippen LogP contribution in [0.1, 0.15) is 23.0 Å². The van der Waals surface area contributed by atoms with Gasteiger partial charge in [-0.25, -0.2) is 0 Å². The number of nitriles is 3. The lowest BCUT2D eigenvalue weighted by molar-refractivity contribution is 0.352. The third kappa shape index (κ3) is 3.21. The highest BCUT2D eigenvalue weighted by atomic mass is 16.5.